The number of nitrogens with two attached hydrogens (primary N) is 1. The molecule has 1 heterocycles. The van der Waals surface area contributed by atoms with Gasteiger partial charge in [-0.15, -0.1) is 0 Å². The monoisotopic (exact) mass is 224 g/mol. The van der Waals surface area contributed by atoms with Crippen molar-refractivity contribution in [2.45, 2.75) is 6.04 Å². The summed E-state index contributed by atoms with van der Waals surface area (Å²) in [7, 11) is 0. The average Bonchev–Trinajstić information content (AvgIpc) is 2.69. The predicted molar refractivity (Wildman–Crippen MR) is 59.6 cm³/mol. The number of hydrogen-bond donors (Lipinski definition) is 1. The van der Waals surface area contributed by atoms with Gasteiger partial charge in [0.15, 0.2) is 0 Å². The number of aromatic nitrogens is 1. The van der Waals surface area contributed by atoms with Gasteiger partial charge in [0.1, 0.15) is 0 Å². The number of halogens is 1. The van der Waals surface area contributed by atoms with E-state index in [-0.39, 0.29) is 6.04 Å². The van der Waals surface area contributed by atoms with Crippen molar-refractivity contribution in [2.24, 2.45) is 5.73 Å². The third-order valence-corrected chi connectivity index (χ3v) is 2.79. The van der Waals surface area contributed by atoms with Crippen LogP contribution in [0, 0.1) is 0 Å². The highest BCUT2D eigenvalue weighted by molar-refractivity contribution is 7.03. The average molecular weight is 225 g/mol. The Morgan fingerprint density at radius 2 is 2.21 bits per heavy atom. The minimum absolute atomic E-state index is 0.181. The molecular formula is C10H9ClN2S. The smallest absolute Gasteiger partial charge is 0.0754 e. The Bertz CT molecular complexity index is 414. The second-order valence-electron chi connectivity index (χ2n) is 2.96. The van der Waals surface area contributed by atoms with Crippen molar-refractivity contribution in [1.82, 2.24) is 4.37 Å². The van der Waals surface area contributed by atoms with E-state index in [0.29, 0.717) is 5.02 Å². The van der Waals surface area contributed by atoms with Crippen molar-refractivity contribution in [1.29, 1.82) is 0 Å². The molecule has 0 amide bonds. The lowest BCUT2D eigenvalue weighted by molar-refractivity contribution is 0.846. The zero-order chi connectivity index (χ0) is 9.97. The van der Waals surface area contributed by atoms with E-state index in [4.69, 9.17) is 17.3 Å². The van der Waals surface area contributed by atoms with Crippen molar-refractivity contribution >= 4 is 23.1 Å². The van der Waals surface area contributed by atoms with Crippen LogP contribution in [0.25, 0.3) is 0 Å². The molecule has 0 bridgehead atoms. The van der Waals surface area contributed by atoms with Gasteiger partial charge in [0.2, 0.25) is 0 Å². The van der Waals surface area contributed by atoms with Gasteiger partial charge in [-0.2, -0.15) is 4.37 Å². The molecule has 0 fully saturated rings. The lowest BCUT2D eigenvalue weighted by atomic mass is 10.1. The fourth-order valence-electron chi connectivity index (χ4n) is 1.25. The van der Waals surface area contributed by atoms with E-state index in [9.17, 15) is 0 Å². The largest absolute Gasteiger partial charge is 0.319 e. The summed E-state index contributed by atoms with van der Waals surface area (Å²) in [5, 5.41) is 2.62. The molecule has 1 unspecified atom stereocenters. The van der Waals surface area contributed by atoms with Crippen molar-refractivity contribution < 1.29 is 0 Å². The zero-order valence-corrected chi connectivity index (χ0v) is 8.92. The van der Waals surface area contributed by atoms with Crippen LogP contribution in [0.4, 0.5) is 0 Å². The van der Waals surface area contributed by atoms with Crippen LogP contribution in [-0.4, -0.2) is 4.37 Å². The van der Waals surface area contributed by atoms with Crippen LogP contribution < -0.4 is 5.73 Å². The first-order valence-corrected chi connectivity index (χ1v) is 5.40. The van der Waals surface area contributed by atoms with E-state index in [0.717, 1.165) is 11.3 Å². The first-order chi connectivity index (χ1) is 6.77. The van der Waals surface area contributed by atoms with Gasteiger partial charge in [0.25, 0.3) is 0 Å². The SMILES string of the molecule is NC(c1cccc(Cl)c1)c1ccsn1. The summed E-state index contributed by atoms with van der Waals surface area (Å²) in [5.41, 5.74) is 7.89. The highest BCUT2D eigenvalue weighted by atomic mass is 35.5. The fraction of sp³-hybridized carbons (Fsp3) is 0.100. The van der Waals surface area contributed by atoms with Crippen LogP contribution in [0.5, 0.6) is 0 Å². The highest BCUT2D eigenvalue weighted by Crippen LogP contribution is 2.21. The Kier molecular flexibility index (Phi) is 2.82. The number of nitrogens with zero attached hydrogens (tertiary/aromatic N) is 1. The molecule has 4 heteroatoms. The fourth-order valence-corrected chi connectivity index (χ4v) is 2.01. The van der Waals surface area contributed by atoms with Gasteiger partial charge in [-0.05, 0) is 35.3 Å². The second-order valence-corrected chi connectivity index (χ2v) is 4.06. The molecule has 2 nitrogen and oxygen atoms in total. The Morgan fingerprint density at radius 3 is 2.86 bits per heavy atom. The summed E-state index contributed by atoms with van der Waals surface area (Å²) in [6.07, 6.45) is 0. The second kappa shape index (κ2) is 4.09. The van der Waals surface area contributed by atoms with Gasteiger partial charge in [0.05, 0.1) is 11.7 Å². The van der Waals surface area contributed by atoms with Gasteiger partial charge < -0.3 is 5.73 Å². The maximum atomic E-state index is 6.02. The minimum atomic E-state index is -0.181. The number of hydrogen-bond acceptors (Lipinski definition) is 3. The van der Waals surface area contributed by atoms with E-state index in [1.54, 1.807) is 0 Å². The van der Waals surface area contributed by atoms with Crippen molar-refractivity contribution in [3.8, 4) is 0 Å². The van der Waals surface area contributed by atoms with Crippen LogP contribution >= 0.6 is 23.1 Å². The molecular weight excluding hydrogens is 216 g/mol. The molecule has 0 aliphatic rings. The molecule has 0 aliphatic heterocycles. The Labute approximate surface area is 91.5 Å². The van der Waals surface area contributed by atoms with Crippen LogP contribution in [0.15, 0.2) is 35.7 Å². The summed E-state index contributed by atoms with van der Waals surface area (Å²) >= 11 is 7.28. The van der Waals surface area contributed by atoms with Crippen molar-refractivity contribution in [3.63, 3.8) is 0 Å². The van der Waals surface area contributed by atoms with E-state index in [2.05, 4.69) is 4.37 Å². The summed E-state index contributed by atoms with van der Waals surface area (Å²) < 4.78 is 4.20. The minimum Gasteiger partial charge on any atom is -0.319 e. The highest BCUT2D eigenvalue weighted by Gasteiger charge is 2.10. The Hall–Kier alpha value is -0.900. The molecule has 1 atom stereocenters. The molecule has 0 saturated heterocycles. The van der Waals surface area contributed by atoms with Gasteiger partial charge >= 0.3 is 0 Å². The zero-order valence-electron chi connectivity index (χ0n) is 7.35. The maximum Gasteiger partial charge on any atom is 0.0754 e. The molecule has 2 rings (SSSR count). The van der Waals surface area contributed by atoms with E-state index in [1.807, 2.05) is 35.7 Å². The van der Waals surface area contributed by atoms with Crippen LogP contribution in [0.2, 0.25) is 5.02 Å². The lowest BCUT2D eigenvalue weighted by Crippen LogP contribution is -2.11. The van der Waals surface area contributed by atoms with E-state index in [1.165, 1.54) is 11.5 Å². The lowest BCUT2D eigenvalue weighted by Gasteiger charge is -2.08. The van der Waals surface area contributed by atoms with Gasteiger partial charge in [-0.25, -0.2) is 0 Å². The first-order valence-electron chi connectivity index (χ1n) is 4.18. The summed E-state index contributed by atoms with van der Waals surface area (Å²) in [6, 6.07) is 9.29. The maximum absolute atomic E-state index is 6.02. The molecule has 14 heavy (non-hydrogen) atoms. The van der Waals surface area contributed by atoms with Crippen LogP contribution in [0.1, 0.15) is 17.3 Å². The van der Waals surface area contributed by atoms with Crippen molar-refractivity contribution in [2.75, 3.05) is 0 Å². The van der Waals surface area contributed by atoms with Gasteiger partial charge in [0, 0.05) is 10.4 Å². The molecule has 1 aromatic carbocycles. The molecule has 0 radical (unpaired) electrons. The van der Waals surface area contributed by atoms with E-state index < -0.39 is 0 Å². The standard InChI is InChI=1S/C10H9ClN2S/c11-8-3-1-2-7(6-8)10(12)9-4-5-14-13-9/h1-6,10H,12H2. The number of rotatable bonds is 2. The molecule has 1 aromatic heterocycles. The predicted octanol–water partition coefficient (Wildman–Crippen LogP) is 2.84. The van der Waals surface area contributed by atoms with Gasteiger partial charge in [-0.3, -0.25) is 0 Å². The molecule has 2 N–H and O–H groups in total. The van der Waals surface area contributed by atoms with E-state index >= 15 is 0 Å². The summed E-state index contributed by atoms with van der Waals surface area (Å²) in [4.78, 5) is 0. The van der Waals surface area contributed by atoms with Crippen LogP contribution in [0.3, 0.4) is 0 Å². The summed E-state index contributed by atoms with van der Waals surface area (Å²) in [6.45, 7) is 0. The van der Waals surface area contributed by atoms with Gasteiger partial charge in [-0.1, -0.05) is 23.7 Å². The molecule has 0 aliphatic carbocycles. The number of benzene rings is 1. The molecule has 0 saturated carbocycles. The topological polar surface area (TPSA) is 38.9 Å². The normalized spacial score (nSPS) is 12.7. The van der Waals surface area contributed by atoms with Crippen LogP contribution in [-0.2, 0) is 0 Å². The Balaban J connectivity index is 2.32. The molecule has 2 aromatic rings. The summed E-state index contributed by atoms with van der Waals surface area (Å²) in [5.74, 6) is 0. The Morgan fingerprint density at radius 1 is 1.36 bits per heavy atom. The first kappa shape index (κ1) is 9.65. The third kappa shape index (κ3) is 1.95. The quantitative estimate of drug-likeness (QED) is 0.852. The third-order valence-electron chi connectivity index (χ3n) is 1.98. The molecule has 72 valence electrons. The molecule has 0 spiro atoms. The van der Waals surface area contributed by atoms with Crippen molar-refractivity contribution in [3.05, 3.63) is 52.0 Å².